The SMILES string of the molecule is N#Cc1cc(C(=O)N/N=C/c2ccc(NC(=O)COc3ccc(Cl)cc3)c3ccccc23)ccc1O. The Hall–Kier alpha value is -4.87. The average Bonchev–Trinajstić information content (AvgIpc) is 2.89. The largest absolute Gasteiger partial charge is 0.507 e. The van der Waals surface area contributed by atoms with Crippen LogP contribution in [0, 0.1) is 11.3 Å². The van der Waals surface area contributed by atoms with E-state index in [-0.39, 0.29) is 29.4 Å². The zero-order valence-corrected chi connectivity index (χ0v) is 19.5. The van der Waals surface area contributed by atoms with Crippen molar-refractivity contribution in [1.82, 2.24) is 5.43 Å². The van der Waals surface area contributed by atoms with Gasteiger partial charge in [0.2, 0.25) is 0 Å². The number of anilines is 1. The number of fused-ring (bicyclic) bond motifs is 1. The number of benzene rings is 4. The highest BCUT2D eigenvalue weighted by molar-refractivity contribution is 6.30. The van der Waals surface area contributed by atoms with Crippen molar-refractivity contribution >= 4 is 46.1 Å². The van der Waals surface area contributed by atoms with Crippen LogP contribution in [0.2, 0.25) is 5.02 Å². The maximum atomic E-state index is 12.5. The first kappa shape index (κ1) is 24.3. The molecule has 36 heavy (non-hydrogen) atoms. The van der Waals surface area contributed by atoms with Gasteiger partial charge in [-0.2, -0.15) is 10.4 Å². The van der Waals surface area contributed by atoms with Gasteiger partial charge in [0.15, 0.2) is 6.61 Å². The van der Waals surface area contributed by atoms with Gasteiger partial charge in [0.25, 0.3) is 11.8 Å². The number of hydrogen-bond acceptors (Lipinski definition) is 6. The Morgan fingerprint density at radius 1 is 1.03 bits per heavy atom. The molecule has 0 atom stereocenters. The summed E-state index contributed by atoms with van der Waals surface area (Å²) in [6.07, 6.45) is 1.49. The molecule has 2 amide bonds. The molecule has 3 N–H and O–H groups in total. The molecule has 4 rings (SSSR count). The summed E-state index contributed by atoms with van der Waals surface area (Å²) in [5.74, 6) is -0.525. The Kier molecular flexibility index (Phi) is 7.44. The number of phenols is 1. The number of rotatable bonds is 7. The molecule has 0 saturated heterocycles. The maximum absolute atomic E-state index is 12.5. The minimum absolute atomic E-state index is 0.00572. The standard InChI is InChI=1S/C27H19ClN4O4/c28-20-7-9-21(10-8-20)36-16-26(34)31-24-11-5-18(22-3-1-2-4-23(22)24)15-30-32-27(35)17-6-12-25(33)19(13-17)14-29/h1-13,15,33H,16H2,(H,31,34)(H,32,35)/b30-15+. The number of nitrogens with one attached hydrogen (secondary N) is 2. The zero-order valence-electron chi connectivity index (χ0n) is 18.7. The molecule has 0 aromatic heterocycles. The molecule has 0 spiro atoms. The monoisotopic (exact) mass is 498 g/mol. The van der Waals surface area contributed by atoms with E-state index in [2.05, 4.69) is 15.8 Å². The van der Waals surface area contributed by atoms with E-state index >= 15 is 0 Å². The van der Waals surface area contributed by atoms with Gasteiger partial charge in [-0.15, -0.1) is 0 Å². The predicted octanol–water partition coefficient (Wildman–Crippen LogP) is 4.85. The quantitative estimate of drug-likeness (QED) is 0.248. The average molecular weight is 499 g/mol. The zero-order chi connectivity index (χ0) is 25.5. The van der Waals surface area contributed by atoms with Gasteiger partial charge in [0, 0.05) is 27.2 Å². The molecule has 0 bridgehead atoms. The summed E-state index contributed by atoms with van der Waals surface area (Å²) in [7, 11) is 0. The summed E-state index contributed by atoms with van der Waals surface area (Å²) < 4.78 is 5.50. The van der Waals surface area contributed by atoms with Crippen LogP contribution in [0.1, 0.15) is 21.5 Å². The van der Waals surface area contributed by atoms with E-state index in [9.17, 15) is 14.7 Å². The van der Waals surface area contributed by atoms with Crippen LogP contribution in [0.4, 0.5) is 5.69 Å². The Bertz CT molecular complexity index is 1510. The van der Waals surface area contributed by atoms with Gasteiger partial charge in [0.1, 0.15) is 17.6 Å². The topological polar surface area (TPSA) is 124 Å². The van der Waals surface area contributed by atoms with Crippen LogP contribution in [-0.2, 0) is 4.79 Å². The molecule has 9 heteroatoms. The van der Waals surface area contributed by atoms with Crippen LogP contribution in [0.15, 0.2) is 84.0 Å². The molecular formula is C27H19ClN4O4. The summed E-state index contributed by atoms with van der Waals surface area (Å²) in [5, 5.41) is 27.6. The highest BCUT2D eigenvalue weighted by Crippen LogP contribution is 2.26. The molecule has 178 valence electrons. The summed E-state index contributed by atoms with van der Waals surface area (Å²) >= 11 is 5.86. The molecule has 8 nitrogen and oxygen atoms in total. The summed E-state index contributed by atoms with van der Waals surface area (Å²) in [5.41, 5.74) is 3.90. The predicted molar refractivity (Wildman–Crippen MR) is 137 cm³/mol. The number of nitriles is 1. The summed E-state index contributed by atoms with van der Waals surface area (Å²) in [6.45, 7) is -0.171. The van der Waals surface area contributed by atoms with Crippen LogP contribution < -0.4 is 15.5 Å². The minimum atomic E-state index is -0.531. The Balaban J connectivity index is 1.45. The molecule has 0 aliphatic rings. The maximum Gasteiger partial charge on any atom is 0.271 e. The third-order valence-electron chi connectivity index (χ3n) is 5.16. The van der Waals surface area contributed by atoms with Crippen LogP contribution in [0.3, 0.4) is 0 Å². The Morgan fingerprint density at radius 3 is 2.53 bits per heavy atom. The lowest BCUT2D eigenvalue weighted by Crippen LogP contribution is -2.20. The Morgan fingerprint density at radius 2 is 1.78 bits per heavy atom. The lowest BCUT2D eigenvalue weighted by atomic mass is 10.0. The molecule has 0 saturated carbocycles. The number of amides is 2. The van der Waals surface area contributed by atoms with E-state index < -0.39 is 5.91 Å². The number of carbonyl (C=O) groups is 2. The fraction of sp³-hybridized carbons (Fsp3) is 0.0370. The van der Waals surface area contributed by atoms with Crippen LogP contribution in [-0.4, -0.2) is 29.7 Å². The van der Waals surface area contributed by atoms with Gasteiger partial charge in [-0.05, 0) is 53.9 Å². The van der Waals surface area contributed by atoms with E-state index in [0.717, 1.165) is 10.8 Å². The smallest absolute Gasteiger partial charge is 0.271 e. The number of nitrogens with zero attached hydrogens (tertiary/aromatic N) is 2. The van der Waals surface area contributed by atoms with Gasteiger partial charge in [-0.3, -0.25) is 9.59 Å². The lowest BCUT2D eigenvalue weighted by molar-refractivity contribution is -0.118. The first-order valence-corrected chi connectivity index (χ1v) is 11.1. The fourth-order valence-corrected chi connectivity index (χ4v) is 3.53. The number of phenolic OH excluding ortho intramolecular Hbond substituents is 1. The Labute approximate surface area is 211 Å². The number of aromatic hydroxyl groups is 1. The molecule has 0 aliphatic heterocycles. The highest BCUT2D eigenvalue weighted by Gasteiger charge is 2.10. The molecule has 0 fully saturated rings. The van der Waals surface area contributed by atoms with Crippen molar-refractivity contribution in [2.75, 3.05) is 11.9 Å². The van der Waals surface area contributed by atoms with E-state index in [1.807, 2.05) is 30.3 Å². The number of carbonyl (C=O) groups excluding carboxylic acids is 2. The van der Waals surface area contributed by atoms with Crippen molar-refractivity contribution in [3.63, 3.8) is 0 Å². The highest BCUT2D eigenvalue weighted by atomic mass is 35.5. The lowest BCUT2D eigenvalue weighted by Gasteiger charge is -2.11. The van der Waals surface area contributed by atoms with Crippen LogP contribution in [0.5, 0.6) is 11.5 Å². The molecule has 0 radical (unpaired) electrons. The van der Waals surface area contributed by atoms with E-state index in [1.165, 1.54) is 24.4 Å². The van der Waals surface area contributed by atoms with Crippen molar-refractivity contribution in [2.24, 2.45) is 5.10 Å². The van der Waals surface area contributed by atoms with Gasteiger partial charge >= 0.3 is 0 Å². The second kappa shape index (κ2) is 11.0. The number of hydrazone groups is 1. The van der Waals surface area contributed by atoms with E-state index in [4.69, 9.17) is 21.6 Å². The van der Waals surface area contributed by atoms with Crippen molar-refractivity contribution < 1.29 is 19.4 Å². The summed E-state index contributed by atoms with van der Waals surface area (Å²) in [6, 6.07) is 23.4. The van der Waals surface area contributed by atoms with E-state index in [0.29, 0.717) is 22.0 Å². The fourth-order valence-electron chi connectivity index (χ4n) is 3.40. The van der Waals surface area contributed by atoms with Crippen molar-refractivity contribution in [1.29, 1.82) is 5.26 Å². The molecule has 0 heterocycles. The van der Waals surface area contributed by atoms with Crippen molar-refractivity contribution in [2.45, 2.75) is 0 Å². The molecular weight excluding hydrogens is 480 g/mol. The second-order valence-electron chi connectivity index (χ2n) is 7.58. The van der Waals surface area contributed by atoms with Gasteiger partial charge in [-0.1, -0.05) is 41.9 Å². The molecule has 0 unspecified atom stereocenters. The minimum Gasteiger partial charge on any atom is -0.507 e. The van der Waals surface area contributed by atoms with Gasteiger partial charge in [0.05, 0.1) is 11.8 Å². The van der Waals surface area contributed by atoms with Crippen LogP contribution >= 0.6 is 11.6 Å². The second-order valence-corrected chi connectivity index (χ2v) is 8.02. The number of hydrogen-bond donors (Lipinski definition) is 3. The van der Waals surface area contributed by atoms with Crippen LogP contribution in [0.25, 0.3) is 10.8 Å². The molecule has 4 aromatic rings. The van der Waals surface area contributed by atoms with E-state index in [1.54, 1.807) is 36.4 Å². The summed E-state index contributed by atoms with van der Waals surface area (Å²) in [4.78, 5) is 24.8. The first-order valence-electron chi connectivity index (χ1n) is 10.7. The normalized spacial score (nSPS) is 10.7. The molecule has 4 aromatic carbocycles. The third-order valence-corrected chi connectivity index (χ3v) is 5.42. The number of halogens is 1. The number of ether oxygens (including phenoxy) is 1. The third kappa shape index (κ3) is 5.78. The first-order chi connectivity index (χ1) is 17.4. The van der Waals surface area contributed by atoms with Gasteiger partial charge in [-0.25, -0.2) is 5.43 Å². The van der Waals surface area contributed by atoms with Gasteiger partial charge < -0.3 is 15.2 Å². The van der Waals surface area contributed by atoms with Crippen molar-refractivity contribution in [3.8, 4) is 17.6 Å². The van der Waals surface area contributed by atoms with Crippen molar-refractivity contribution in [3.05, 3.63) is 101 Å². The molecule has 0 aliphatic carbocycles.